The van der Waals surface area contributed by atoms with Crippen molar-refractivity contribution in [3.8, 4) is 0 Å². The number of aromatic nitrogens is 3. The normalized spacial score (nSPS) is 13.7. The van der Waals surface area contributed by atoms with E-state index in [1.54, 1.807) is 19.0 Å². The van der Waals surface area contributed by atoms with Crippen LogP contribution in [0.15, 0.2) is 29.3 Å². The van der Waals surface area contributed by atoms with Crippen LogP contribution >= 0.6 is 0 Å². The molecule has 0 radical (unpaired) electrons. The van der Waals surface area contributed by atoms with Crippen LogP contribution in [-0.2, 0) is 25.9 Å². The number of aryl methyl sites for hydroxylation is 1. The van der Waals surface area contributed by atoms with Gasteiger partial charge in [0.15, 0.2) is 11.8 Å². The molecule has 1 aliphatic heterocycles. The number of nitrogens with zero attached hydrogens (tertiary/aromatic N) is 5. The molecule has 2 aromatic rings. The molecule has 1 amide bonds. The van der Waals surface area contributed by atoms with Gasteiger partial charge in [0.2, 0.25) is 0 Å². The lowest BCUT2D eigenvalue weighted by Crippen LogP contribution is -2.38. The van der Waals surface area contributed by atoms with E-state index in [2.05, 4.69) is 30.4 Å². The predicted molar refractivity (Wildman–Crippen MR) is 114 cm³/mol. The SMILES string of the molecule is CCNC(=NCc1nnc2n1CCCC2)NCCc1cccc(C(=O)N(C)C)c1. The van der Waals surface area contributed by atoms with Crippen LogP contribution in [-0.4, -0.2) is 58.7 Å². The van der Waals surface area contributed by atoms with Gasteiger partial charge in [-0.1, -0.05) is 12.1 Å². The Balaban J connectivity index is 1.57. The molecule has 2 heterocycles. The molecule has 1 aromatic heterocycles. The fraction of sp³-hybridized carbons (Fsp3) is 0.524. The second-order valence-corrected chi connectivity index (χ2v) is 7.41. The van der Waals surface area contributed by atoms with Crippen LogP contribution in [0.3, 0.4) is 0 Å². The fourth-order valence-corrected chi connectivity index (χ4v) is 3.42. The first-order valence-electron chi connectivity index (χ1n) is 10.3. The van der Waals surface area contributed by atoms with Crippen molar-refractivity contribution in [2.24, 2.45) is 4.99 Å². The first kappa shape index (κ1) is 20.8. The molecule has 156 valence electrons. The van der Waals surface area contributed by atoms with Crippen molar-refractivity contribution in [3.05, 3.63) is 47.0 Å². The summed E-state index contributed by atoms with van der Waals surface area (Å²) in [5.74, 6) is 2.78. The summed E-state index contributed by atoms with van der Waals surface area (Å²) in [5.41, 5.74) is 1.83. The topological polar surface area (TPSA) is 87.4 Å². The predicted octanol–water partition coefficient (Wildman–Crippen LogP) is 1.61. The van der Waals surface area contributed by atoms with Crippen LogP contribution in [0.1, 0.15) is 47.3 Å². The van der Waals surface area contributed by atoms with E-state index in [1.807, 2.05) is 31.2 Å². The van der Waals surface area contributed by atoms with E-state index in [-0.39, 0.29) is 5.91 Å². The Morgan fingerprint density at radius 3 is 2.90 bits per heavy atom. The Morgan fingerprint density at radius 2 is 2.10 bits per heavy atom. The van der Waals surface area contributed by atoms with Gasteiger partial charge in [-0.3, -0.25) is 4.79 Å². The van der Waals surface area contributed by atoms with Gasteiger partial charge in [-0.05, 0) is 43.9 Å². The molecule has 29 heavy (non-hydrogen) atoms. The molecule has 0 spiro atoms. The average molecular weight is 398 g/mol. The average Bonchev–Trinajstić information content (AvgIpc) is 3.15. The quantitative estimate of drug-likeness (QED) is 0.548. The largest absolute Gasteiger partial charge is 0.357 e. The zero-order chi connectivity index (χ0) is 20.6. The van der Waals surface area contributed by atoms with Gasteiger partial charge in [0.1, 0.15) is 12.4 Å². The lowest BCUT2D eigenvalue weighted by molar-refractivity contribution is 0.0827. The van der Waals surface area contributed by atoms with E-state index >= 15 is 0 Å². The maximum absolute atomic E-state index is 12.1. The van der Waals surface area contributed by atoms with E-state index in [1.165, 1.54) is 12.8 Å². The van der Waals surface area contributed by atoms with Gasteiger partial charge in [-0.2, -0.15) is 0 Å². The molecular formula is C21H31N7O. The second kappa shape index (κ2) is 10.0. The van der Waals surface area contributed by atoms with Gasteiger partial charge in [-0.25, -0.2) is 4.99 Å². The molecule has 1 aromatic carbocycles. The third-order valence-electron chi connectivity index (χ3n) is 4.95. The van der Waals surface area contributed by atoms with Gasteiger partial charge in [0, 0.05) is 45.7 Å². The number of guanidine groups is 1. The van der Waals surface area contributed by atoms with E-state index < -0.39 is 0 Å². The number of nitrogens with one attached hydrogen (secondary N) is 2. The molecule has 0 saturated carbocycles. The summed E-state index contributed by atoms with van der Waals surface area (Å²) in [6.45, 7) is 5.06. The standard InChI is InChI=1S/C21H31N7O/c1-4-22-21(24-15-19-26-25-18-10-5-6-13-28(18)19)23-12-11-16-8-7-9-17(14-16)20(29)27(2)3/h7-9,14H,4-6,10-13,15H2,1-3H3,(H2,22,23,24). The number of aliphatic imine (C=N–C) groups is 1. The Bertz CT molecular complexity index is 856. The van der Waals surface area contributed by atoms with Gasteiger partial charge in [0.25, 0.3) is 5.91 Å². The third-order valence-corrected chi connectivity index (χ3v) is 4.95. The molecule has 0 unspecified atom stereocenters. The highest BCUT2D eigenvalue weighted by Crippen LogP contribution is 2.14. The third kappa shape index (κ3) is 5.56. The maximum atomic E-state index is 12.1. The summed E-state index contributed by atoms with van der Waals surface area (Å²) in [6, 6.07) is 7.78. The van der Waals surface area contributed by atoms with Crippen LogP contribution in [0.4, 0.5) is 0 Å². The molecule has 0 fully saturated rings. The highest BCUT2D eigenvalue weighted by atomic mass is 16.2. The Hall–Kier alpha value is -2.90. The second-order valence-electron chi connectivity index (χ2n) is 7.41. The van der Waals surface area contributed by atoms with E-state index in [0.29, 0.717) is 12.1 Å². The van der Waals surface area contributed by atoms with Gasteiger partial charge >= 0.3 is 0 Å². The van der Waals surface area contributed by atoms with Crippen LogP contribution in [0, 0.1) is 0 Å². The monoisotopic (exact) mass is 397 g/mol. The molecular weight excluding hydrogens is 366 g/mol. The van der Waals surface area contributed by atoms with Crippen molar-refractivity contribution in [3.63, 3.8) is 0 Å². The number of benzene rings is 1. The lowest BCUT2D eigenvalue weighted by Gasteiger charge is -2.15. The summed E-state index contributed by atoms with van der Waals surface area (Å²) in [4.78, 5) is 18.4. The number of carbonyl (C=O) groups excluding carboxylic acids is 1. The molecule has 2 N–H and O–H groups in total. The molecule has 8 nitrogen and oxygen atoms in total. The van der Waals surface area contributed by atoms with Crippen molar-refractivity contribution in [1.82, 2.24) is 30.3 Å². The van der Waals surface area contributed by atoms with Crippen molar-refractivity contribution in [2.45, 2.75) is 45.7 Å². The summed E-state index contributed by atoms with van der Waals surface area (Å²) in [7, 11) is 3.53. The highest BCUT2D eigenvalue weighted by Gasteiger charge is 2.15. The first-order valence-corrected chi connectivity index (χ1v) is 10.3. The Labute approximate surface area is 172 Å². The Kier molecular flexibility index (Phi) is 7.21. The zero-order valence-corrected chi connectivity index (χ0v) is 17.6. The summed E-state index contributed by atoms with van der Waals surface area (Å²) in [5, 5.41) is 15.2. The lowest BCUT2D eigenvalue weighted by atomic mass is 10.1. The number of rotatable bonds is 7. The first-order chi connectivity index (χ1) is 14.1. The van der Waals surface area contributed by atoms with E-state index in [0.717, 1.165) is 55.6 Å². The minimum atomic E-state index is 0.0198. The number of fused-ring (bicyclic) bond motifs is 1. The summed E-state index contributed by atoms with van der Waals surface area (Å²) in [6.07, 6.45) is 4.17. The Morgan fingerprint density at radius 1 is 1.24 bits per heavy atom. The molecule has 8 heteroatoms. The minimum Gasteiger partial charge on any atom is -0.357 e. The summed E-state index contributed by atoms with van der Waals surface area (Å²) >= 11 is 0. The van der Waals surface area contributed by atoms with Crippen LogP contribution in [0.2, 0.25) is 0 Å². The van der Waals surface area contributed by atoms with Crippen LogP contribution in [0.25, 0.3) is 0 Å². The van der Waals surface area contributed by atoms with E-state index in [9.17, 15) is 4.79 Å². The van der Waals surface area contributed by atoms with Crippen molar-refractivity contribution < 1.29 is 4.79 Å². The molecule has 0 atom stereocenters. The number of carbonyl (C=O) groups is 1. The van der Waals surface area contributed by atoms with Gasteiger partial charge < -0.3 is 20.1 Å². The molecule has 3 rings (SSSR count). The molecule has 0 aliphatic carbocycles. The van der Waals surface area contributed by atoms with Crippen molar-refractivity contribution >= 4 is 11.9 Å². The van der Waals surface area contributed by atoms with Gasteiger partial charge in [-0.15, -0.1) is 10.2 Å². The number of hydrogen-bond donors (Lipinski definition) is 2. The molecule has 0 bridgehead atoms. The number of amides is 1. The maximum Gasteiger partial charge on any atom is 0.253 e. The fourth-order valence-electron chi connectivity index (χ4n) is 3.42. The van der Waals surface area contributed by atoms with E-state index in [4.69, 9.17) is 0 Å². The van der Waals surface area contributed by atoms with Gasteiger partial charge in [0.05, 0.1) is 0 Å². The number of hydrogen-bond acceptors (Lipinski definition) is 4. The molecule has 1 aliphatic rings. The van der Waals surface area contributed by atoms with Crippen LogP contribution < -0.4 is 10.6 Å². The smallest absolute Gasteiger partial charge is 0.253 e. The van der Waals surface area contributed by atoms with Crippen molar-refractivity contribution in [2.75, 3.05) is 27.2 Å². The highest BCUT2D eigenvalue weighted by molar-refractivity contribution is 5.94. The zero-order valence-electron chi connectivity index (χ0n) is 17.6. The summed E-state index contributed by atoms with van der Waals surface area (Å²) < 4.78 is 2.20. The minimum absolute atomic E-state index is 0.0198. The van der Waals surface area contributed by atoms with Crippen LogP contribution in [0.5, 0.6) is 0 Å². The van der Waals surface area contributed by atoms with Crippen molar-refractivity contribution in [1.29, 1.82) is 0 Å². The molecule has 0 saturated heterocycles.